The summed E-state index contributed by atoms with van der Waals surface area (Å²) in [5.41, 5.74) is 6.01. The first-order valence-electron chi connectivity index (χ1n) is 9.75. The summed E-state index contributed by atoms with van der Waals surface area (Å²) >= 11 is 0. The van der Waals surface area contributed by atoms with Crippen molar-refractivity contribution < 1.29 is 4.79 Å². The number of nitrogens with one attached hydrogen (secondary N) is 2. The molecule has 1 heterocycles. The molecular weight excluding hydrogens is 366 g/mol. The molecule has 7 nitrogen and oxygen atoms in total. The van der Waals surface area contributed by atoms with E-state index < -0.39 is 0 Å². The number of carbonyl (C=O) groups excluding carboxylic acids is 1. The van der Waals surface area contributed by atoms with Crippen molar-refractivity contribution in [1.29, 1.82) is 0 Å². The van der Waals surface area contributed by atoms with Crippen LogP contribution in [0.3, 0.4) is 0 Å². The van der Waals surface area contributed by atoms with Crippen molar-refractivity contribution in [3.8, 4) is 0 Å². The van der Waals surface area contributed by atoms with Crippen molar-refractivity contribution in [1.82, 2.24) is 15.4 Å². The molecule has 2 N–H and O–H groups in total. The van der Waals surface area contributed by atoms with Crippen molar-refractivity contribution in [3.05, 3.63) is 70.1 Å². The van der Waals surface area contributed by atoms with Crippen LogP contribution >= 0.6 is 0 Å². The minimum Gasteiger partial charge on any atom is -0.372 e. The number of carbonyl (C=O) groups is 1. The number of H-pyrrole nitrogens is 1. The van der Waals surface area contributed by atoms with Crippen LogP contribution in [0.4, 0.5) is 5.69 Å². The van der Waals surface area contributed by atoms with Gasteiger partial charge in [-0.05, 0) is 43.7 Å². The second-order valence-corrected chi connectivity index (χ2v) is 6.59. The van der Waals surface area contributed by atoms with Gasteiger partial charge in [0.15, 0.2) is 0 Å². The fraction of sp³-hybridized carbons (Fsp3) is 0.273. The average Bonchev–Trinajstić information content (AvgIpc) is 2.74. The summed E-state index contributed by atoms with van der Waals surface area (Å²) in [5.74, 6) is -0.268. The Morgan fingerprint density at radius 1 is 1.14 bits per heavy atom. The molecule has 29 heavy (non-hydrogen) atoms. The molecule has 1 aromatic heterocycles. The molecule has 7 heteroatoms. The van der Waals surface area contributed by atoms with Gasteiger partial charge < -0.3 is 9.88 Å². The minimum absolute atomic E-state index is 0.132. The van der Waals surface area contributed by atoms with Gasteiger partial charge in [-0.2, -0.15) is 5.10 Å². The van der Waals surface area contributed by atoms with E-state index in [0.29, 0.717) is 16.7 Å². The van der Waals surface area contributed by atoms with Crippen LogP contribution < -0.4 is 15.9 Å². The van der Waals surface area contributed by atoms with Gasteiger partial charge in [0.2, 0.25) is 5.91 Å². The van der Waals surface area contributed by atoms with Crippen molar-refractivity contribution in [2.75, 3.05) is 18.0 Å². The third kappa shape index (κ3) is 5.28. The molecule has 0 saturated heterocycles. The Labute approximate surface area is 169 Å². The van der Waals surface area contributed by atoms with Gasteiger partial charge in [0, 0.05) is 31.6 Å². The lowest BCUT2D eigenvalue weighted by atomic mass is 10.2. The molecule has 0 spiro atoms. The van der Waals surface area contributed by atoms with E-state index in [-0.39, 0.29) is 24.3 Å². The number of anilines is 1. The minimum atomic E-state index is -0.270. The highest BCUT2D eigenvalue weighted by molar-refractivity contribution is 5.83. The third-order valence-electron chi connectivity index (χ3n) is 4.68. The number of aryl methyl sites for hydroxylation is 1. The Hall–Kier alpha value is -3.48. The maximum atomic E-state index is 12.1. The zero-order chi connectivity index (χ0) is 20.6. The summed E-state index contributed by atoms with van der Waals surface area (Å²) < 4.78 is 0. The molecule has 2 aromatic carbocycles. The Kier molecular flexibility index (Phi) is 6.73. The molecule has 0 saturated carbocycles. The van der Waals surface area contributed by atoms with Gasteiger partial charge in [-0.25, -0.2) is 10.4 Å². The first kappa shape index (κ1) is 20.3. The predicted octanol–water partition coefficient (Wildman–Crippen LogP) is 2.85. The first-order chi connectivity index (χ1) is 14.1. The van der Waals surface area contributed by atoms with Crippen LogP contribution in [0, 0.1) is 0 Å². The number of aromatic nitrogens is 2. The largest absolute Gasteiger partial charge is 0.372 e. The summed E-state index contributed by atoms with van der Waals surface area (Å²) in [5, 5.41) is 4.00. The van der Waals surface area contributed by atoms with E-state index in [1.165, 1.54) is 0 Å². The summed E-state index contributed by atoms with van der Waals surface area (Å²) in [6, 6.07) is 15.3. The lowest BCUT2D eigenvalue weighted by Gasteiger charge is -2.20. The third-order valence-corrected chi connectivity index (χ3v) is 4.68. The number of hydrogen-bond donors (Lipinski definition) is 2. The second kappa shape index (κ2) is 9.64. The molecule has 0 bridgehead atoms. The van der Waals surface area contributed by atoms with Gasteiger partial charge in [-0.3, -0.25) is 9.59 Å². The van der Waals surface area contributed by atoms with Crippen LogP contribution in [-0.2, 0) is 11.2 Å². The number of rotatable bonds is 8. The normalized spacial score (nSPS) is 11.1. The standard InChI is InChI=1S/C22H25N5O2/c1-3-27(4-2)17-11-9-16(10-12-17)15-23-26-21(28)14-13-20-22(29)25-19-8-6-5-7-18(19)24-20/h5-12,15H,3-4,13-14H2,1-2H3,(H,25,29)(H,26,28)/b23-15-. The molecule has 3 rings (SSSR count). The molecule has 1 amide bonds. The highest BCUT2D eigenvalue weighted by atomic mass is 16.2. The summed E-state index contributed by atoms with van der Waals surface area (Å²) in [6.45, 7) is 6.15. The highest BCUT2D eigenvalue weighted by Crippen LogP contribution is 2.14. The highest BCUT2D eigenvalue weighted by Gasteiger charge is 2.08. The van der Waals surface area contributed by atoms with Crippen molar-refractivity contribution in [2.45, 2.75) is 26.7 Å². The van der Waals surface area contributed by atoms with Gasteiger partial charge in [-0.1, -0.05) is 24.3 Å². The fourth-order valence-electron chi connectivity index (χ4n) is 3.06. The number of benzene rings is 2. The summed E-state index contributed by atoms with van der Waals surface area (Å²) in [4.78, 5) is 33.5. The number of fused-ring (bicyclic) bond motifs is 1. The number of amides is 1. The fourth-order valence-corrected chi connectivity index (χ4v) is 3.06. The molecule has 0 fully saturated rings. The lowest BCUT2D eigenvalue weighted by Crippen LogP contribution is -2.22. The Balaban J connectivity index is 1.53. The zero-order valence-corrected chi connectivity index (χ0v) is 16.7. The monoisotopic (exact) mass is 391 g/mol. The van der Waals surface area contributed by atoms with E-state index in [2.05, 4.69) is 39.2 Å². The molecule has 0 aliphatic heterocycles. The van der Waals surface area contributed by atoms with E-state index in [1.54, 1.807) is 12.3 Å². The lowest BCUT2D eigenvalue weighted by molar-refractivity contribution is -0.121. The van der Waals surface area contributed by atoms with Crippen molar-refractivity contribution in [2.24, 2.45) is 5.10 Å². The molecule has 0 atom stereocenters. The number of nitrogens with zero attached hydrogens (tertiary/aromatic N) is 3. The quantitative estimate of drug-likeness (QED) is 0.456. The van der Waals surface area contributed by atoms with Crippen molar-refractivity contribution >= 4 is 28.8 Å². The smallest absolute Gasteiger partial charge is 0.270 e. The molecule has 0 unspecified atom stereocenters. The van der Waals surface area contributed by atoms with Crippen LogP contribution in [0.15, 0.2) is 58.4 Å². The zero-order valence-electron chi connectivity index (χ0n) is 16.7. The number of para-hydroxylation sites is 2. The van der Waals surface area contributed by atoms with Crippen LogP contribution in [0.25, 0.3) is 11.0 Å². The Morgan fingerprint density at radius 2 is 1.86 bits per heavy atom. The second-order valence-electron chi connectivity index (χ2n) is 6.59. The van der Waals surface area contributed by atoms with Gasteiger partial charge >= 0.3 is 0 Å². The van der Waals surface area contributed by atoms with E-state index >= 15 is 0 Å². The molecular formula is C22H25N5O2. The predicted molar refractivity (Wildman–Crippen MR) is 116 cm³/mol. The molecule has 150 valence electrons. The van der Waals surface area contributed by atoms with Gasteiger partial charge in [0.25, 0.3) is 5.56 Å². The Morgan fingerprint density at radius 3 is 2.59 bits per heavy atom. The topological polar surface area (TPSA) is 90.4 Å². The van der Waals surface area contributed by atoms with Crippen LogP contribution in [0.2, 0.25) is 0 Å². The van der Waals surface area contributed by atoms with Crippen molar-refractivity contribution in [3.63, 3.8) is 0 Å². The van der Waals surface area contributed by atoms with E-state index in [0.717, 1.165) is 24.3 Å². The first-order valence-corrected chi connectivity index (χ1v) is 9.75. The number of hydrogen-bond acceptors (Lipinski definition) is 5. The molecule has 0 radical (unpaired) electrons. The number of hydrazone groups is 1. The van der Waals surface area contributed by atoms with Gasteiger partial charge in [-0.15, -0.1) is 0 Å². The number of aromatic amines is 1. The SMILES string of the molecule is CCN(CC)c1ccc(/C=N\NC(=O)CCc2nc3ccccc3[nH]c2=O)cc1. The summed E-state index contributed by atoms with van der Waals surface area (Å²) in [7, 11) is 0. The van der Waals surface area contributed by atoms with E-state index in [1.807, 2.05) is 42.5 Å². The summed E-state index contributed by atoms with van der Waals surface area (Å²) in [6.07, 6.45) is 1.98. The average molecular weight is 391 g/mol. The molecule has 0 aliphatic carbocycles. The molecule has 3 aromatic rings. The maximum Gasteiger partial charge on any atom is 0.270 e. The van der Waals surface area contributed by atoms with Gasteiger partial charge in [0.05, 0.1) is 17.2 Å². The maximum absolute atomic E-state index is 12.1. The van der Waals surface area contributed by atoms with Crippen LogP contribution in [0.5, 0.6) is 0 Å². The Bertz CT molecular complexity index is 1050. The van der Waals surface area contributed by atoms with E-state index in [4.69, 9.17) is 0 Å². The van der Waals surface area contributed by atoms with Gasteiger partial charge in [0.1, 0.15) is 5.69 Å². The van der Waals surface area contributed by atoms with E-state index in [9.17, 15) is 9.59 Å². The van der Waals surface area contributed by atoms with Crippen LogP contribution in [0.1, 0.15) is 31.5 Å². The van der Waals surface area contributed by atoms with Crippen LogP contribution in [-0.4, -0.2) is 35.2 Å². The molecule has 0 aliphatic rings.